The van der Waals surface area contributed by atoms with Crippen LogP contribution in [0.3, 0.4) is 0 Å². The molecular formula is C34H42N2O5. The molecule has 0 aromatic heterocycles. The number of ketones is 1. The van der Waals surface area contributed by atoms with E-state index in [4.69, 9.17) is 4.84 Å². The SMILES string of the molecule is CCCC1(CCC)c2cc(C(=O)/C(=N/OC(=O)CCC3CCCC3)C3CCCC3)ccc2-c2ccc([N+](=O)[O-])cc21. The molecule has 41 heavy (non-hydrogen) atoms. The zero-order valence-corrected chi connectivity index (χ0v) is 24.5. The topological polar surface area (TPSA) is 98.9 Å². The first kappa shape index (κ1) is 29.2. The molecule has 0 saturated heterocycles. The Labute approximate surface area is 242 Å². The average molecular weight is 559 g/mol. The summed E-state index contributed by atoms with van der Waals surface area (Å²) in [5, 5.41) is 15.9. The van der Waals surface area contributed by atoms with E-state index in [1.165, 1.54) is 25.7 Å². The first-order valence-corrected chi connectivity index (χ1v) is 15.6. The number of fused-ring (bicyclic) bond motifs is 3. The lowest BCUT2D eigenvalue weighted by Gasteiger charge is -2.32. The number of carbonyl (C=O) groups is 2. The van der Waals surface area contributed by atoms with Crippen molar-refractivity contribution in [1.29, 1.82) is 0 Å². The van der Waals surface area contributed by atoms with Crippen LogP contribution in [0.25, 0.3) is 11.1 Å². The molecule has 0 spiro atoms. The van der Waals surface area contributed by atoms with Gasteiger partial charge in [-0.15, -0.1) is 0 Å². The van der Waals surface area contributed by atoms with Crippen LogP contribution in [0.2, 0.25) is 0 Å². The van der Waals surface area contributed by atoms with E-state index in [-0.39, 0.29) is 28.3 Å². The number of oxime groups is 1. The zero-order chi connectivity index (χ0) is 29.0. The van der Waals surface area contributed by atoms with E-state index in [1.54, 1.807) is 12.1 Å². The quantitative estimate of drug-likeness (QED) is 0.0853. The molecule has 0 radical (unpaired) electrons. The van der Waals surface area contributed by atoms with Crippen LogP contribution in [0, 0.1) is 22.0 Å². The van der Waals surface area contributed by atoms with E-state index in [0.29, 0.717) is 23.6 Å². The number of carbonyl (C=O) groups excluding carboxylic acids is 2. The van der Waals surface area contributed by atoms with E-state index in [0.717, 1.165) is 80.0 Å². The molecule has 0 aliphatic heterocycles. The molecule has 0 unspecified atom stereocenters. The Morgan fingerprint density at radius 1 is 0.927 bits per heavy atom. The fourth-order valence-electron chi connectivity index (χ4n) is 7.67. The molecule has 5 rings (SSSR count). The number of rotatable bonds is 12. The lowest BCUT2D eigenvalue weighted by molar-refractivity contribution is -0.384. The number of hydrogen-bond donors (Lipinski definition) is 0. The number of hydrogen-bond acceptors (Lipinski definition) is 6. The first-order valence-electron chi connectivity index (χ1n) is 15.6. The van der Waals surface area contributed by atoms with E-state index >= 15 is 0 Å². The number of nitrogens with zero attached hydrogens (tertiary/aromatic N) is 2. The van der Waals surface area contributed by atoms with Crippen LogP contribution in [0.5, 0.6) is 0 Å². The summed E-state index contributed by atoms with van der Waals surface area (Å²) in [5.41, 5.74) is 4.66. The molecule has 0 bridgehead atoms. The second-order valence-corrected chi connectivity index (χ2v) is 12.3. The predicted molar refractivity (Wildman–Crippen MR) is 160 cm³/mol. The molecular weight excluding hydrogens is 516 g/mol. The minimum absolute atomic E-state index is 0.0192. The van der Waals surface area contributed by atoms with Crippen LogP contribution in [0.15, 0.2) is 41.6 Å². The van der Waals surface area contributed by atoms with Crippen molar-refractivity contribution in [2.45, 2.75) is 109 Å². The number of Topliss-reactive ketones (excluding diaryl/α,β-unsaturated/α-hetero) is 1. The van der Waals surface area contributed by atoms with Crippen LogP contribution >= 0.6 is 0 Å². The zero-order valence-electron chi connectivity index (χ0n) is 24.5. The van der Waals surface area contributed by atoms with Crippen LogP contribution in [-0.4, -0.2) is 22.4 Å². The molecule has 7 heteroatoms. The third-order valence-electron chi connectivity index (χ3n) is 9.62. The maximum Gasteiger partial charge on any atom is 0.335 e. The van der Waals surface area contributed by atoms with Crippen LogP contribution in [0.1, 0.15) is 125 Å². The molecule has 0 N–H and O–H groups in total. The number of benzene rings is 2. The number of non-ortho nitro benzene ring substituents is 1. The van der Waals surface area contributed by atoms with E-state index in [9.17, 15) is 19.7 Å². The van der Waals surface area contributed by atoms with Gasteiger partial charge in [0.1, 0.15) is 5.71 Å². The van der Waals surface area contributed by atoms with Gasteiger partial charge in [0.2, 0.25) is 5.78 Å². The minimum Gasteiger partial charge on any atom is -0.318 e. The summed E-state index contributed by atoms with van der Waals surface area (Å²) in [4.78, 5) is 43.3. The Hall–Kier alpha value is -3.35. The Balaban J connectivity index is 1.47. The van der Waals surface area contributed by atoms with Gasteiger partial charge in [0.25, 0.3) is 5.69 Å². The van der Waals surface area contributed by atoms with Crippen molar-refractivity contribution in [2.24, 2.45) is 17.0 Å². The van der Waals surface area contributed by atoms with Crippen molar-refractivity contribution in [1.82, 2.24) is 0 Å². The van der Waals surface area contributed by atoms with Crippen molar-refractivity contribution in [3.05, 3.63) is 63.2 Å². The van der Waals surface area contributed by atoms with Gasteiger partial charge in [-0.05, 0) is 72.4 Å². The number of nitro benzene ring substituents is 1. The van der Waals surface area contributed by atoms with E-state index in [1.807, 2.05) is 24.3 Å². The van der Waals surface area contributed by atoms with E-state index < -0.39 is 5.41 Å². The fourth-order valence-corrected chi connectivity index (χ4v) is 7.67. The van der Waals surface area contributed by atoms with Crippen molar-refractivity contribution in [3.63, 3.8) is 0 Å². The second kappa shape index (κ2) is 12.7. The van der Waals surface area contributed by atoms with Gasteiger partial charge in [0, 0.05) is 35.4 Å². The Morgan fingerprint density at radius 2 is 1.54 bits per heavy atom. The highest BCUT2D eigenvalue weighted by molar-refractivity contribution is 6.46. The summed E-state index contributed by atoms with van der Waals surface area (Å²) < 4.78 is 0. The summed E-state index contributed by atoms with van der Waals surface area (Å²) in [7, 11) is 0. The molecule has 0 amide bonds. The highest BCUT2D eigenvalue weighted by Gasteiger charge is 2.43. The molecule has 2 aromatic rings. The average Bonchev–Trinajstić information content (AvgIpc) is 3.74. The minimum atomic E-state index is -0.395. The lowest BCUT2D eigenvalue weighted by atomic mass is 9.71. The highest BCUT2D eigenvalue weighted by Crippen LogP contribution is 2.54. The summed E-state index contributed by atoms with van der Waals surface area (Å²) in [5.74, 6) is 0.0171. The predicted octanol–water partition coefficient (Wildman–Crippen LogP) is 8.70. The van der Waals surface area contributed by atoms with Crippen molar-refractivity contribution >= 4 is 23.2 Å². The third-order valence-corrected chi connectivity index (χ3v) is 9.62. The molecule has 2 saturated carbocycles. The lowest BCUT2D eigenvalue weighted by Crippen LogP contribution is -2.27. The van der Waals surface area contributed by atoms with Gasteiger partial charge >= 0.3 is 5.97 Å². The molecule has 2 aromatic carbocycles. The Kier molecular flexibility index (Phi) is 9.00. The van der Waals surface area contributed by atoms with Gasteiger partial charge in [0.15, 0.2) is 0 Å². The number of nitro groups is 1. The van der Waals surface area contributed by atoms with Gasteiger partial charge in [0.05, 0.1) is 4.92 Å². The Morgan fingerprint density at radius 3 is 2.17 bits per heavy atom. The van der Waals surface area contributed by atoms with Crippen molar-refractivity contribution in [3.8, 4) is 11.1 Å². The molecule has 3 aliphatic rings. The summed E-state index contributed by atoms with van der Waals surface area (Å²) in [6, 6.07) is 11.0. The summed E-state index contributed by atoms with van der Waals surface area (Å²) in [6.07, 6.45) is 13.2. The third kappa shape index (κ3) is 5.86. The van der Waals surface area contributed by atoms with Gasteiger partial charge in [-0.3, -0.25) is 14.9 Å². The van der Waals surface area contributed by atoms with Crippen molar-refractivity contribution in [2.75, 3.05) is 0 Å². The van der Waals surface area contributed by atoms with Crippen LogP contribution in [0.4, 0.5) is 5.69 Å². The normalized spacial score (nSPS) is 18.3. The molecule has 0 atom stereocenters. The molecule has 3 aliphatic carbocycles. The monoisotopic (exact) mass is 558 g/mol. The Bertz CT molecular complexity index is 1330. The van der Waals surface area contributed by atoms with Crippen molar-refractivity contribution < 1.29 is 19.3 Å². The largest absolute Gasteiger partial charge is 0.335 e. The second-order valence-electron chi connectivity index (χ2n) is 12.3. The molecule has 0 heterocycles. The highest BCUT2D eigenvalue weighted by atomic mass is 16.7. The first-order chi connectivity index (χ1) is 19.9. The maximum atomic E-state index is 14.0. The van der Waals surface area contributed by atoms with E-state index in [2.05, 4.69) is 19.0 Å². The smallest absolute Gasteiger partial charge is 0.318 e. The fraction of sp³-hybridized carbons (Fsp3) is 0.559. The van der Waals surface area contributed by atoms with Crippen LogP contribution in [-0.2, 0) is 15.0 Å². The standard InChI is InChI=1S/C34H42N2O5/c1-3-19-34(20-4-2)29-21-25(14-16-27(29)28-17-15-26(36(39)40)22-30(28)34)33(38)32(24-11-7-8-12-24)35-41-31(37)18-13-23-9-5-6-10-23/h14-17,21-24H,3-13,18-20H2,1-2H3/b35-32+. The molecule has 7 nitrogen and oxygen atoms in total. The van der Waals surface area contributed by atoms with Gasteiger partial charge in [-0.1, -0.05) is 82.5 Å². The van der Waals surface area contributed by atoms with Gasteiger partial charge < -0.3 is 4.84 Å². The summed E-state index contributed by atoms with van der Waals surface area (Å²) in [6.45, 7) is 4.26. The molecule has 2 fully saturated rings. The summed E-state index contributed by atoms with van der Waals surface area (Å²) >= 11 is 0. The van der Waals surface area contributed by atoms with Gasteiger partial charge in [-0.25, -0.2) is 4.79 Å². The van der Waals surface area contributed by atoms with Gasteiger partial charge in [-0.2, -0.15) is 0 Å². The molecule has 218 valence electrons. The maximum absolute atomic E-state index is 14.0. The van der Waals surface area contributed by atoms with Crippen LogP contribution < -0.4 is 0 Å².